The van der Waals surface area contributed by atoms with E-state index in [1.165, 1.54) is 6.92 Å². The Hall–Kier alpha value is -1.40. The molecule has 110 valence electrons. The summed E-state index contributed by atoms with van der Waals surface area (Å²) in [4.78, 5) is 12.6. The molecule has 0 saturated carbocycles. The van der Waals surface area contributed by atoms with E-state index in [0.29, 0.717) is 25.9 Å². The fourth-order valence-corrected chi connectivity index (χ4v) is 3.19. The largest absolute Gasteiger partial charge is 0.317 e. The van der Waals surface area contributed by atoms with E-state index >= 15 is 0 Å². The van der Waals surface area contributed by atoms with Gasteiger partial charge in [-0.15, -0.1) is 0 Å². The summed E-state index contributed by atoms with van der Waals surface area (Å²) in [6.45, 7) is 2.93. The molecule has 1 heterocycles. The van der Waals surface area contributed by atoms with Crippen molar-refractivity contribution in [3.05, 3.63) is 35.9 Å². The van der Waals surface area contributed by atoms with Crippen molar-refractivity contribution < 1.29 is 13.2 Å². The second-order valence-corrected chi connectivity index (χ2v) is 7.04. The van der Waals surface area contributed by atoms with Gasteiger partial charge in [0, 0.05) is 0 Å². The predicted molar refractivity (Wildman–Crippen MR) is 77.8 cm³/mol. The standard InChI is InChI=1S/C14H20N2O3S/c1-2-20(18,19)16-13(17)14(8-10-15-11-9-14)12-6-4-3-5-7-12/h3-7,15H,2,8-11H2,1H3,(H,16,17). The minimum atomic E-state index is -3.53. The fraction of sp³-hybridized carbons (Fsp3) is 0.500. The van der Waals surface area contributed by atoms with Crippen LogP contribution in [0, 0.1) is 0 Å². The minimum Gasteiger partial charge on any atom is -0.317 e. The molecule has 6 heteroatoms. The summed E-state index contributed by atoms with van der Waals surface area (Å²) in [6, 6.07) is 9.42. The van der Waals surface area contributed by atoms with E-state index in [1.54, 1.807) is 0 Å². The van der Waals surface area contributed by atoms with E-state index in [1.807, 2.05) is 30.3 Å². The number of sulfonamides is 1. The van der Waals surface area contributed by atoms with Gasteiger partial charge in [-0.05, 0) is 38.4 Å². The molecule has 0 aromatic heterocycles. The first-order chi connectivity index (χ1) is 9.50. The molecule has 2 N–H and O–H groups in total. The summed E-state index contributed by atoms with van der Waals surface area (Å²) in [7, 11) is -3.53. The van der Waals surface area contributed by atoms with Gasteiger partial charge in [0.1, 0.15) is 0 Å². The fourth-order valence-electron chi connectivity index (χ4n) is 2.57. The third kappa shape index (κ3) is 3.02. The van der Waals surface area contributed by atoms with E-state index in [0.717, 1.165) is 5.56 Å². The number of hydrogen-bond acceptors (Lipinski definition) is 4. The van der Waals surface area contributed by atoms with Crippen LogP contribution < -0.4 is 10.0 Å². The number of piperidine rings is 1. The first kappa shape index (κ1) is 15.0. The van der Waals surface area contributed by atoms with Crippen molar-refractivity contribution in [2.24, 2.45) is 0 Å². The van der Waals surface area contributed by atoms with Crippen LogP contribution in [0.4, 0.5) is 0 Å². The quantitative estimate of drug-likeness (QED) is 0.861. The average molecular weight is 296 g/mol. The summed E-state index contributed by atoms with van der Waals surface area (Å²) in [6.07, 6.45) is 1.20. The number of benzene rings is 1. The molecule has 1 aromatic rings. The maximum Gasteiger partial charge on any atom is 0.244 e. The van der Waals surface area contributed by atoms with Crippen LogP contribution in [-0.4, -0.2) is 33.2 Å². The van der Waals surface area contributed by atoms with Gasteiger partial charge >= 0.3 is 0 Å². The highest BCUT2D eigenvalue weighted by Crippen LogP contribution is 2.33. The zero-order valence-electron chi connectivity index (χ0n) is 11.6. The Balaban J connectivity index is 2.35. The smallest absolute Gasteiger partial charge is 0.244 e. The SMILES string of the molecule is CCS(=O)(=O)NC(=O)C1(c2ccccc2)CCNCC1. The van der Waals surface area contributed by atoms with Gasteiger partial charge in [-0.1, -0.05) is 30.3 Å². The van der Waals surface area contributed by atoms with E-state index in [4.69, 9.17) is 0 Å². The van der Waals surface area contributed by atoms with Crippen LogP contribution in [-0.2, 0) is 20.2 Å². The summed E-state index contributed by atoms with van der Waals surface area (Å²) in [5.41, 5.74) is 0.125. The van der Waals surface area contributed by atoms with Crippen LogP contribution in [0.2, 0.25) is 0 Å². The van der Waals surface area contributed by atoms with Crippen molar-refractivity contribution in [2.75, 3.05) is 18.8 Å². The van der Waals surface area contributed by atoms with Gasteiger partial charge in [-0.3, -0.25) is 9.52 Å². The van der Waals surface area contributed by atoms with E-state index < -0.39 is 21.3 Å². The van der Waals surface area contributed by atoms with Crippen molar-refractivity contribution in [3.63, 3.8) is 0 Å². The van der Waals surface area contributed by atoms with E-state index in [9.17, 15) is 13.2 Å². The third-order valence-electron chi connectivity index (χ3n) is 3.85. The monoisotopic (exact) mass is 296 g/mol. The molecule has 1 aliphatic rings. The summed E-state index contributed by atoms with van der Waals surface area (Å²) < 4.78 is 25.6. The maximum atomic E-state index is 12.6. The Morgan fingerprint density at radius 1 is 1.25 bits per heavy atom. The number of nitrogens with one attached hydrogen (secondary N) is 2. The summed E-state index contributed by atoms with van der Waals surface area (Å²) in [5.74, 6) is -0.506. The Morgan fingerprint density at radius 3 is 2.40 bits per heavy atom. The number of carbonyl (C=O) groups is 1. The normalized spacial score (nSPS) is 18.4. The number of carbonyl (C=O) groups excluding carboxylic acids is 1. The molecule has 1 amide bonds. The highest BCUT2D eigenvalue weighted by atomic mass is 32.2. The van der Waals surface area contributed by atoms with Crippen LogP contribution in [0.15, 0.2) is 30.3 Å². The van der Waals surface area contributed by atoms with Crippen molar-refractivity contribution in [3.8, 4) is 0 Å². The average Bonchev–Trinajstić information content (AvgIpc) is 2.48. The topological polar surface area (TPSA) is 75.3 Å². The summed E-state index contributed by atoms with van der Waals surface area (Å²) in [5, 5.41) is 3.21. The molecule has 0 spiro atoms. The van der Waals surface area contributed by atoms with Gasteiger partial charge in [0.05, 0.1) is 11.2 Å². The van der Waals surface area contributed by atoms with Crippen LogP contribution >= 0.6 is 0 Å². The van der Waals surface area contributed by atoms with Gasteiger partial charge in [0.25, 0.3) is 0 Å². The van der Waals surface area contributed by atoms with Crippen LogP contribution in [0.5, 0.6) is 0 Å². The highest BCUT2D eigenvalue weighted by Gasteiger charge is 2.42. The number of hydrogen-bond donors (Lipinski definition) is 2. The Kier molecular flexibility index (Phi) is 4.45. The lowest BCUT2D eigenvalue weighted by Crippen LogP contribution is -2.52. The zero-order chi connectivity index (χ0) is 14.6. The molecular weight excluding hydrogens is 276 g/mol. The highest BCUT2D eigenvalue weighted by molar-refractivity contribution is 7.90. The Labute approximate surface area is 119 Å². The van der Waals surface area contributed by atoms with E-state index in [-0.39, 0.29) is 5.75 Å². The third-order valence-corrected chi connectivity index (χ3v) is 5.10. The summed E-state index contributed by atoms with van der Waals surface area (Å²) >= 11 is 0. The van der Waals surface area contributed by atoms with Crippen molar-refractivity contribution in [1.29, 1.82) is 0 Å². The maximum absolute atomic E-state index is 12.6. The molecule has 5 nitrogen and oxygen atoms in total. The Bertz CT molecular complexity index is 563. The first-order valence-electron chi connectivity index (χ1n) is 6.81. The van der Waals surface area contributed by atoms with E-state index in [2.05, 4.69) is 10.0 Å². The molecule has 1 aromatic carbocycles. The van der Waals surface area contributed by atoms with Crippen LogP contribution in [0.1, 0.15) is 25.3 Å². The lowest BCUT2D eigenvalue weighted by atomic mass is 9.72. The van der Waals surface area contributed by atoms with Crippen molar-refractivity contribution in [2.45, 2.75) is 25.2 Å². The first-order valence-corrected chi connectivity index (χ1v) is 8.46. The molecule has 0 unspecified atom stereocenters. The minimum absolute atomic E-state index is 0.0954. The predicted octanol–water partition coefficient (Wildman–Crippen LogP) is 0.774. The second kappa shape index (κ2) is 5.93. The van der Waals surface area contributed by atoms with Gasteiger partial charge in [0.15, 0.2) is 0 Å². The molecule has 1 saturated heterocycles. The van der Waals surface area contributed by atoms with Crippen molar-refractivity contribution in [1.82, 2.24) is 10.0 Å². The lowest BCUT2D eigenvalue weighted by Gasteiger charge is -2.36. The molecule has 0 radical (unpaired) electrons. The van der Waals surface area contributed by atoms with Gasteiger partial charge < -0.3 is 5.32 Å². The van der Waals surface area contributed by atoms with Crippen LogP contribution in [0.25, 0.3) is 0 Å². The molecular formula is C14H20N2O3S. The molecule has 1 fully saturated rings. The van der Waals surface area contributed by atoms with Crippen LogP contribution in [0.3, 0.4) is 0 Å². The molecule has 0 bridgehead atoms. The molecule has 2 rings (SSSR count). The molecule has 0 aliphatic carbocycles. The van der Waals surface area contributed by atoms with Gasteiger partial charge in [0.2, 0.25) is 15.9 Å². The second-order valence-electron chi connectivity index (χ2n) is 5.03. The van der Waals surface area contributed by atoms with Gasteiger partial charge in [-0.2, -0.15) is 0 Å². The Morgan fingerprint density at radius 2 is 1.85 bits per heavy atom. The molecule has 20 heavy (non-hydrogen) atoms. The number of amides is 1. The lowest BCUT2D eigenvalue weighted by molar-refractivity contribution is -0.126. The zero-order valence-corrected chi connectivity index (χ0v) is 12.4. The molecule has 1 aliphatic heterocycles. The van der Waals surface area contributed by atoms with Gasteiger partial charge in [-0.25, -0.2) is 8.42 Å². The molecule has 0 atom stereocenters. The van der Waals surface area contributed by atoms with Crippen molar-refractivity contribution >= 4 is 15.9 Å². The number of rotatable bonds is 4.